The molecule has 1 aliphatic rings. The highest BCUT2D eigenvalue weighted by atomic mass is 35.5. The van der Waals surface area contributed by atoms with Gasteiger partial charge in [0.05, 0.1) is 10.7 Å². The highest BCUT2D eigenvalue weighted by molar-refractivity contribution is 6.34. The van der Waals surface area contributed by atoms with Crippen LogP contribution in [0.25, 0.3) is 0 Å². The molecule has 1 aliphatic heterocycles. The van der Waals surface area contributed by atoms with E-state index in [1.165, 1.54) is 12.8 Å². The summed E-state index contributed by atoms with van der Waals surface area (Å²) in [5.74, 6) is 0.711. The quantitative estimate of drug-likeness (QED) is 0.838. The number of rotatable bonds is 4. The highest BCUT2D eigenvalue weighted by Gasteiger charge is 2.23. The monoisotopic (exact) mass is 309 g/mol. The van der Waals surface area contributed by atoms with E-state index < -0.39 is 0 Å². The summed E-state index contributed by atoms with van der Waals surface area (Å²) in [5, 5.41) is 3.33. The Morgan fingerprint density at radius 3 is 2.90 bits per heavy atom. The maximum absolute atomic E-state index is 12.1. The van der Waals surface area contributed by atoms with Crippen molar-refractivity contribution >= 4 is 28.9 Å². The van der Waals surface area contributed by atoms with Gasteiger partial charge >= 0.3 is 0 Å². The molecule has 2 rings (SSSR count). The average molecular weight is 310 g/mol. The number of nitrogen functional groups attached to an aromatic ring is 1. The van der Waals surface area contributed by atoms with Gasteiger partial charge in [-0.05, 0) is 43.9 Å². The van der Waals surface area contributed by atoms with E-state index in [0.29, 0.717) is 28.9 Å². The number of hydrogen-bond donors (Lipinski definition) is 2. The Kier molecular flexibility index (Phi) is 5.48. The minimum absolute atomic E-state index is 0.00732. The van der Waals surface area contributed by atoms with Gasteiger partial charge in [-0.2, -0.15) is 0 Å². The summed E-state index contributed by atoms with van der Waals surface area (Å²) in [6.45, 7) is 6.38. The van der Waals surface area contributed by atoms with Gasteiger partial charge in [0, 0.05) is 31.2 Å². The van der Waals surface area contributed by atoms with Crippen LogP contribution in [0.15, 0.2) is 18.2 Å². The smallest absolute Gasteiger partial charge is 0.225 e. The summed E-state index contributed by atoms with van der Waals surface area (Å²) in [5.41, 5.74) is 6.85. The molecule has 116 valence electrons. The first-order valence-corrected chi connectivity index (χ1v) is 7.92. The Morgan fingerprint density at radius 1 is 1.43 bits per heavy atom. The summed E-state index contributed by atoms with van der Waals surface area (Å²) >= 11 is 6.06. The number of halogens is 1. The number of nitrogens with one attached hydrogen (secondary N) is 1. The van der Waals surface area contributed by atoms with Gasteiger partial charge in [-0.3, -0.25) is 9.69 Å². The number of amides is 1. The lowest BCUT2D eigenvalue weighted by atomic mass is 9.95. The molecule has 1 amide bonds. The summed E-state index contributed by atoms with van der Waals surface area (Å²) in [6, 6.07) is 5.68. The molecule has 0 radical (unpaired) electrons. The van der Waals surface area contributed by atoms with Crippen LogP contribution >= 0.6 is 11.6 Å². The van der Waals surface area contributed by atoms with Crippen LogP contribution in [0.1, 0.15) is 33.1 Å². The Hall–Kier alpha value is -1.26. The van der Waals surface area contributed by atoms with E-state index in [4.69, 9.17) is 17.3 Å². The lowest BCUT2D eigenvalue weighted by molar-refractivity contribution is -0.116. The Morgan fingerprint density at radius 2 is 2.19 bits per heavy atom. The van der Waals surface area contributed by atoms with Crippen molar-refractivity contribution in [1.82, 2.24) is 4.90 Å². The lowest BCUT2D eigenvalue weighted by Gasteiger charge is -2.36. The fourth-order valence-corrected chi connectivity index (χ4v) is 3.02. The molecule has 5 heteroatoms. The van der Waals surface area contributed by atoms with Gasteiger partial charge in [0.15, 0.2) is 0 Å². The molecule has 0 aliphatic carbocycles. The van der Waals surface area contributed by atoms with E-state index >= 15 is 0 Å². The van der Waals surface area contributed by atoms with E-state index in [-0.39, 0.29) is 5.91 Å². The first-order valence-electron chi connectivity index (χ1n) is 7.54. The van der Waals surface area contributed by atoms with Gasteiger partial charge < -0.3 is 11.1 Å². The molecule has 0 aromatic heterocycles. The molecule has 0 bridgehead atoms. The molecule has 0 spiro atoms. The number of hydrogen-bond acceptors (Lipinski definition) is 3. The van der Waals surface area contributed by atoms with Crippen molar-refractivity contribution in [1.29, 1.82) is 0 Å². The summed E-state index contributed by atoms with van der Waals surface area (Å²) in [7, 11) is 0. The number of likely N-dealkylation sites (tertiary alicyclic amines) is 1. The predicted molar refractivity (Wildman–Crippen MR) is 88.5 cm³/mol. The highest BCUT2D eigenvalue weighted by Crippen LogP contribution is 2.24. The number of piperidine rings is 1. The maximum atomic E-state index is 12.1. The van der Waals surface area contributed by atoms with Gasteiger partial charge in [0.25, 0.3) is 0 Å². The molecule has 1 heterocycles. The first kappa shape index (κ1) is 16.1. The van der Waals surface area contributed by atoms with Crippen LogP contribution in [-0.4, -0.2) is 29.9 Å². The molecule has 1 saturated heterocycles. The topological polar surface area (TPSA) is 58.4 Å². The third-order valence-electron chi connectivity index (χ3n) is 4.14. The second-order valence-electron chi connectivity index (χ2n) is 6.06. The molecule has 2 unspecified atom stereocenters. The Bertz CT molecular complexity index is 506. The number of benzene rings is 1. The van der Waals surface area contributed by atoms with Gasteiger partial charge in [0.1, 0.15) is 0 Å². The molecular formula is C16H24ClN3O. The average Bonchev–Trinajstić information content (AvgIpc) is 2.43. The molecule has 4 nitrogen and oxygen atoms in total. The first-order chi connectivity index (χ1) is 9.95. The van der Waals surface area contributed by atoms with Gasteiger partial charge in [-0.1, -0.05) is 18.5 Å². The number of nitrogens with zero attached hydrogens (tertiary/aromatic N) is 1. The zero-order chi connectivity index (χ0) is 15.4. The zero-order valence-electron chi connectivity index (χ0n) is 12.7. The van der Waals surface area contributed by atoms with E-state index in [9.17, 15) is 4.79 Å². The molecular weight excluding hydrogens is 286 g/mol. The van der Waals surface area contributed by atoms with Crippen molar-refractivity contribution in [2.75, 3.05) is 24.1 Å². The number of carbonyl (C=O) groups excluding carboxylic acids is 1. The van der Waals surface area contributed by atoms with Gasteiger partial charge in [-0.15, -0.1) is 0 Å². The van der Waals surface area contributed by atoms with Gasteiger partial charge in [0.2, 0.25) is 5.91 Å². The van der Waals surface area contributed by atoms with Crippen LogP contribution in [0.3, 0.4) is 0 Å². The van der Waals surface area contributed by atoms with Crippen LogP contribution in [0.2, 0.25) is 5.02 Å². The van der Waals surface area contributed by atoms with E-state index in [1.54, 1.807) is 18.2 Å². The van der Waals surface area contributed by atoms with Crippen molar-refractivity contribution < 1.29 is 4.79 Å². The Labute approximate surface area is 131 Å². The number of anilines is 2. The Balaban J connectivity index is 1.84. The lowest BCUT2D eigenvalue weighted by Crippen LogP contribution is -2.42. The SMILES string of the molecule is CC1CCC(C)N(CCC(=O)Nc2ccc(N)cc2Cl)C1. The molecule has 1 fully saturated rings. The minimum atomic E-state index is -0.00732. The standard InChI is InChI=1S/C16H24ClN3O/c1-11-3-4-12(2)20(10-11)8-7-16(21)19-15-6-5-13(18)9-14(15)17/h5-6,9,11-12H,3-4,7-8,10,18H2,1-2H3,(H,19,21). The van der Waals surface area contributed by atoms with E-state index in [2.05, 4.69) is 24.1 Å². The van der Waals surface area contributed by atoms with E-state index in [1.807, 2.05) is 0 Å². The van der Waals surface area contributed by atoms with Crippen molar-refractivity contribution in [2.45, 2.75) is 39.2 Å². The molecule has 0 saturated carbocycles. The molecule has 3 N–H and O–H groups in total. The largest absolute Gasteiger partial charge is 0.399 e. The molecule has 1 aromatic carbocycles. The second-order valence-corrected chi connectivity index (χ2v) is 6.47. The third-order valence-corrected chi connectivity index (χ3v) is 4.45. The van der Waals surface area contributed by atoms with Crippen LogP contribution in [0, 0.1) is 5.92 Å². The third kappa shape index (κ3) is 4.61. The van der Waals surface area contributed by atoms with Crippen LogP contribution in [0.5, 0.6) is 0 Å². The molecule has 21 heavy (non-hydrogen) atoms. The van der Waals surface area contributed by atoms with E-state index in [0.717, 1.165) is 19.0 Å². The van der Waals surface area contributed by atoms with Crippen molar-refractivity contribution in [2.24, 2.45) is 5.92 Å². The maximum Gasteiger partial charge on any atom is 0.225 e. The fraction of sp³-hybridized carbons (Fsp3) is 0.562. The minimum Gasteiger partial charge on any atom is -0.399 e. The number of carbonyl (C=O) groups is 1. The molecule has 2 atom stereocenters. The normalized spacial score (nSPS) is 23.0. The fourth-order valence-electron chi connectivity index (χ4n) is 2.78. The zero-order valence-corrected chi connectivity index (χ0v) is 13.5. The molecule has 1 aromatic rings. The summed E-state index contributed by atoms with van der Waals surface area (Å²) < 4.78 is 0. The van der Waals surface area contributed by atoms with Crippen molar-refractivity contribution in [3.05, 3.63) is 23.2 Å². The summed E-state index contributed by atoms with van der Waals surface area (Å²) in [6.07, 6.45) is 2.98. The number of nitrogens with two attached hydrogens (primary N) is 1. The van der Waals surface area contributed by atoms with Crippen LogP contribution < -0.4 is 11.1 Å². The summed E-state index contributed by atoms with van der Waals surface area (Å²) in [4.78, 5) is 14.5. The van der Waals surface area contributed by atoms with Crippen molar-refractivity contribution in [3.63, 3.8) is 0 Å². The van der Waals surface area contributed by atoms with Crippen molar-refractivity contribution in [3.8, 4) is 0 Å². The van der Waals surface area contributed by atoms with Gasteiger partial charge in [-0.25, -0.2) is 0 Å². The second kappa shape index (κ2) is 7.14. The predicted octanol–water partition coefficient (Wildman–Crippen LogP) is 3.37. The van der Waals surface area contributed by atoms with Crippen LogP contribution in [-0.2, 0) is 4.79 Å². The van der Waals surface area contributed by atoms with Crippen LogP contribution in [0.4, 0.5) is 11.4 Å².